The van der Waals surface area contributed by atoms with Gasteiger partial charge in [-0.15, -0.1) is 0 Å². The molecule has 6 heteroatoms. The maximum atomic E-state index is 5.66. The molecule has 1 aliphatic carbocycles. The van der Waals surface area contributed by atoms with E-state index in [0.29, 0.717) is 11.7 Å². The van der Waals surface area contributed by atoms with E-state index >= 15 is 0 Å². The van der Waals surface area contributed by atoms with Crippen molar-refractivity contribution in [3.8, 4) is 0 Å². The number of anilines is 1. The number of nitrogens with zero attached hydrogens (tertiary/aromatic N) is 3. The van der Waals surface area contributed by atoms with E-state index in [0.717, 1.165) is 35.2 Å². The Kier molecular flexibility index (Phi) is 3.34. The van der Waals surface area contributed by atoms with Gasteiger partial charge in [-0.25, -0.2) is 9.97 Å². The molecule has 116 valence electrons. The SMILES string of the molecule is Cn1cnc2cnc(NC3=COC(C4=CC=CCC4)=CO3)cc21. The summed E-state index contributed by atoms with van der Waals surface area (Å²) in [5.74, 6) is 1.91. The molecular formula is C17H16N4O2. The van der Waals surface area contributed by atoms with Crippen LogP contribution in [0.1, 0.15) is 12.8 Å². The first-order valence-corrected chi connectivity index (χ1v) is 7.43. The molecule has 0 bridgehead atoms. The average molecular weight is 308 g/mol. The predicted molar refractivity (Wildman–Crippen MR) is 86.9 cm³/mol. The fraction of sp³-hybridized carbons (Fsp3) is 0.176. The second kappa shape index (κ2) is 5.64. The highest BCUT2D eigenvalue weighted by atomic mass is 16.5. The predicted octanol–water partition coefficient (Wildman–Crippen LogP) is 3.34. The zero-order chi connectivity index (χ0) is 15.6. The number of hydrogen-bond acceptors (Lipinski definition) is 5. The summed E-state index contributed by atoms with van der Waals surface area (Å²) in [7, 11) is 1.94. The minimum Gasteiger partial charge on any atom is -0.456 e. The molecule has 23 heavy (non-hydrogen) atoms. The number of imidazole rings is 1. The van der Waals surface area contributed by atoms with Crippen molar-refractivity contribution in [2.75, 3.05) is 5.32 Å². The van der Waals surface area contributed by atoms with E-state index in [1.54, 1.807) is 25.0 Å². The summed E-state index contributed by atoms with van der Waals surface area (Å²) in [6.07, 6.45) is 14.9. The van der Waals surface area contributed by atoms with E-state index in [-0.39, 0.29) is 0 Å². The number of rotatable bonds is 3. The van der Waals surface area contributed by atoms with E-state index in [9.17, 15) is 0 Å². The number of ether oxygens (including phenoxy) is 2. The molecule has 2 aliphatic rings. The molecule has 0 fully saturated rings. The van der Waals surface area contributed by atoms with Gasteiger partial charge in [0.1, 0.15) is 17.6 Å². The number of nitrogens with one attached hydrogen (secondary N) is 1. The van der Waals surface area contributed by atoms with Gasteiger partial charge in [-0.05, 0) is 18.4 Å². The molecule has 0 spiro atoms. The first kappa shape index (κ1) is 13.6. The fourth-order valence-corrected chi connectivity index (χ4v) is 2.53. The molecule has 4 rings (SSSR count). The Morgan fingerprint density at radius 1 is 1.22 bits per heavy atom. The largest absolute Gasteiger partial charge is 0.456 e. The molecular weight excluding hydrogens is 292 g/mol. The zero-order valence-electron chi connectivity index (χ0n) is 12.7. The van der Waals surface area contributed by atoms with Gasteiger partial charge in [0, 0.05) is 13.1 Å². The maximum Gasteiger partial charge on any atom is 0.234 e. The molecule has 6 nitrogen and oxygen atoms in total. The Morgan fingerprint density at radius 2 is 2.17 bits per heavy atom. The molecule has 0 atom stereocenters. The summed E-state index contributed by atoms with van der Waals surface area (Å²) in [6.45, 7) is 0. The first-order chi connectivity index (χ1) is 11.3. The van der Waals surface area contributed by atoms with E-state index < -0.39 is 0 Å². The van der Waals surface area contributed by atoms with Crippen molar-refractivity contribution in [2.45, 2.75) is 12.8 Å². The Hall–Kier alpha value is -3.02. The number of pyridine rings is 1. The summed E-state index contributed by atoms with van der Waals surface area (Å²) in [5.41, 5.74) is 2.99. The van der Waals surface area contributed by atoms with Crippen LogP contribution >= 0.6 is 0 Å². The topological polar surface area (TPSA) is 61.2 Å². The van der Waals surface area contributed by atoms with E-state index in [1.807, 2.05) is 29.8 Å². The second-order valence-electron chi connectivity index (χ2n) is 5.40. The monoisotopic (exact) mass is 308 g/mol. The van der Waals surface area contributed by atoms with Crippen molar-refractivity contribution < 1.29 is 9.47 Å². The molecule has 0 radical (unpaired) electrons. The summed E-state index contributed by atoms with van der Waals surface area (Å²) in [4.78, 5) is 8.57. The Balaban J connectivity index is 1.47. The molecule has 0 unspecified atom stereocenters. The third-order valence-corrected chi connectivity index (χ3v) is 3.78. The van der Waals surface area contributed by atoms with Gasteiger partial charge in [-0.1, -0.05) is 18.2 Å². The highest BCUT2D eigenvalue weighted by molar-refractivity contribution is 5.77. The standard InChI is InChI=1S/C17H16N4O2/c1-21-11-19-13-8-18-16(7-14(13)21)20-17-10-22-15(9-23-17)12-5-3-2-4-6-12/h2-3,5,7-11H,4,6H2,1H3,(H,18,20). The van der Waals surface area contributed by atoms with Gasteiger partial charge in [-0.2, -0.15) is 0 Å². The summed E-state index contributed by atoms with van der Waals surface area (Å²) in [6, 6.07) is 1.92. The normalized spacial score (nSPS) is 17.0. The van der Waals surface area contributed by atoms with Crippen LogP contribution in [0.2, 0.25) is 0 Å². The third kappa shape index (κ3) is 2.70. The Morgan fingerprint density at radius 3 is 2.96 bits per heavy atom. The molecule has 3 heterocycles. The average Bonchev–Trinajstić information content (AvgIpc) is 2.97. The minimum absolute atomic E-state index is 0.495. The van der Waals surface area contributed by atoms with Crippen molar-refractivity contribution in [2.24, 2.45) is 7.05 Å². The van der Waals surface area contributed by atoms with Crippen LogP contribution in [0, 0.1) is 0 Å². The molecule has 1 N–H and O–H groups in total. The molecule has 0 amide bonds. The van der Waals surface area contributed by atoms with Crippen LogP contribution in [0.15, 0.2) is 66.6 Å². The Bertz CT molecular complexity index is 874. The van der Waals surface area contributed by atoms with E-state index in [2.05, 4.69) is 21.4 Å². The van der Waals surface area contributed by atoms with Crippen LogP contribution in [-0.2, 0) is 16.5 Å². The number of aromatic nitrogens is 3. The number of hydrogen-bond donors (Lipinski definition) is 1. The van der Waals surface area contributed by atoms with Gasteiger partial charge in [0.05, 0.1) is 18.0 Å². The van der Waals surface area contributed by atoms with Crippen LogP contribution in [0.3, 0.4) is 0 Å². The summed E-state index contributed by atoms with van der Waals surface area (Å²) in [5, 5.41) is 3.10. The fourth-order valence-electron chi connectivity index (χ4n) is 2.53. The van der Waals surface area contributed by atoms with Crippen molar-refractivity contribution >= 4 is 16.9 Å². The Labute approximate surface area is 133 Å². The van der Waals surface area contributed by atoms with Crippen molar-refractivity contribution in [3.05, 3.63) is 66.6 Å². The lowest BCUT2D eigenvalue weighted by Crippen LogP contribution is -2.09. The number of aryl methyl sites for hydroxylation is 1. The van der Waals surface area contributed by atoms with Crippen LogP contribution in [0.5, 0.6) is 0 Å². The van der Waals surface area contributed by atoms with Crippen LogP contribution in [0.25, 0.3) is 11.0 Å². The van der Waals surface area contributed by atoms with E-state index in [4.69, 9.17) is 9.47 Å². The maximum absolute atomic E-state index is 5.66. The van der Waals surface area contributed by atoms with Crippen molar-refractivity contribution in [1.82, 2.24) is 14.5 Å². The molecule has 2 aromatic heterocycles. The van der Waals surface area contributed by atoms with E-state index in [1.165, 1.54) is 0 Å². The number of allylic oxidation sites excluding steroid dienone is 4. The lowest BCUT2D eigenvalue weighted by molar-refractivity contribution is 0.237. The van der Waals surface area contributed by atoms with Crippen LogP contribution < -0.4 is 5.32 Å². The van der Waals surface area contributed by atoms with Gasteiger partial charge in [0.15, 0.2) is 12.0 Å². The highest BCUT2D eigenvalue weighted by Crippen LogP contribution is 2.25. The van der Waals surface area contributed by atoms with Crippen LogP contribution in [0.4, 0.5) is 5.82 Å². The summed E-state index contributed by atoms with van der Waals surface area (Å²) >= 11 is 0. The molecule has 0 aromatic carbocycles. The second-order valence-corrected chi connectivity index (χ2v) is 5.40. The summed E-state index contributed by atoms with van der Waals surface area (Å²) < 4.78 is 13.2. The van der Waals surface area contributed by atoms with Gasteiger partial charge in [0.2, 0.25) is 5.88 Å². The molecule has 0 saturated carbocycles. The van der Waals surface area contributed by atoms with Gasteiger partial charge in [0.25, 0.3) is 0 Å². The van der Waals surface area contributed by atoms with Gasteiger partial charge < -0.3 is 19.4 Å². The first-order valence-electron chi connectivity index (χ1n) is 7.43. The highest BCUT2D eigenvalue weighted by Gasteiger charge is 2.14. The van der Waals surface area contributed by atoms with Gasteiger partial charge >= 0.3 is 0 Å². The molecule has 2 aromatic rings. The smallest absolute Gasteiger partial charge is 0.234 e. The number of fused-ring (bicyclic) bond motifs is 1. The van der Waals surface area contributed by atoms with Crippen molar-refractivity contribution in [3.63, 3.8) is 0 Å². The molecule has 0 saturated heterocycles. The lowest BCUT2D eigenvalue weighted by Gasteiger charge is -2.18. The van der Waals surface area contributed by atoms with Crippen LogP contribution in [-0.4, -0.2) is 14.5 Å². The lowest BCUT2D eigenvalue weighted by atomic mass is 10.0. The van der Waals surface area contributed by atoms with Crippen molar-refractivity contribution in [1.29, 1.82) is 0 Å². The molecule has 1 aliphatic heterocycles. The zero-order valence-corrected chi connectivity index (χ0v) is 12.7. The minimum atomic E-state index is 0.495. The third-order valence-electron chi connectivity index (χ3n) is 3.78. The quantitative estimate of drug-likeness (QED) is 0.942. The van der Waals surface area contributed by atoms with Gasteiger partial charge in [-0.3, -0.25) is 0 Å².